The second kappa shape index (κ2) is 6.60. The van der Waals surface area contributed by atoms with Crippen LogP contribution in [0.25, 0.3) is 0 Å². The van der Waals surface area contributed by atoms with Gasteiger partial charge in [-0.25, -0.2) is 4.79 Å². The number of amides is 1. The predicted octanol–water partition coefficient (Wildman–Crippen LogP) is 2.32. The maximum atomic E-state index is 12.1. The van der Waals surface area contributed by atoms with Gasteiger partial charge in [0.05, 0.1) is 0 Å². The highest BCUT2D eigenvalue weighted by Crippen LogP contribution is 2.41. The number of carbonyl (C=O) groups excluding carboxylic acids is 1. The van der Waals surface area contributed by atoms with E-state index in [9.17, 15) is 4.79 Å². The maximum Gasteiger partial charge on any atom is 0.410 e. The molecule has 5 heteroatoms. The van der Waals surface area contributed by atoms with Crippen LogP contribution in [0.1, 0.15) is 46.5 Å². The molecule has 0 bridgehead atoms. The van der Waals surface area contributed by atoms with E-state index in [0.717, 1.165) is 19.0 Å². The third-order valence-corrected chi connectivity index (χ3v) is 5.60. The Bertz CT molecular complexity index is 410. The molecule has 0 aromatic rings. The summed E-state index contributed by atoms with van der Waals surface area (Å²) >= 11 is 0. The molecule has 3 heterocycles. The molecule has 3 rings (SSSR count). The van der Waals surface area contributed by atoms with Crippen molar-refractivity contribution >= 4 is 6.09 Å². The van der Waals surface area contributed by atoms with Crippen molar-refractivity contribution in [1.29, 1.82) is 0 Å². The summed E-state index contributed by atoms with van der Waals surface area (Å²) in [5.74, 6) is 0.880. The maximum absolute atomic E-state index is 12.1. The minimum Gasteiger partial charge on any atom is -0.444 e. The van der Waals surface area contributed by atoms with E-state index in [-0.39, 0.29) is 6.09 Å². The number of hydrogen-bond acceptors (Lipinski definition) is 4. The summed E-state index contributed by atoms with van der Waals surface area (Å²) < 4.78 is 5.47. The standard InChI is InChI=1S/C18H33N3O2/c1-17(2,3)23-16(22)21-13-18(14-21)6-10-20(11-7-18)12-15-4-8-19-9-5-15/h15,19H,4-14H2,1-3H3. The normalized spacial score (nSPS) is 26.1. The SMILES string of the molecule is CC(C)(C)OC(=O)N1CC2(CCN(CC3CCNCC3)CC2)C1. The molecule has 0 aliphatic carbocycles. The van der Waals surface area contributed by atoms with Crippen LogP contribution in [-0.4, -0.2) is 67.3 Å². The average molecular weight is 323 g/mol. The Morgan fingerprint density at radius 3 is 2.35 bits per heavy atom. The van der Waals surface area contributed by atoms with Crippen LogP contribution in [0, 0.1) is 11.3 Å². The third kappa shape index (κ3) is 4.38. The Morgan fingerprint density at radius 1 is 1.17 bits per heavy atom. The molecule has 5 nitrogen and oxygen atoms in total. The van der Waals surface area contributed by atoms with Crippen molar-refractivity contribution in [3.8, 4) is 0 Å². The molecule has 3 saturated heterocycles. The lowest BCUT2D eigenvalue weighted by atomic mass is 9.72. The molecule has 1 amide bonds. The summed E-state index contributed by atoms with van der Waals surface area (Å²) in [5.41, 5.74) is -0.0143. The highest BCUT2D eigenvalue weighted by Gasteiger charge is 2.47. The van der Waals surface area contributed by atoms with E-state index in [1.807, 2.05) is 25.7 Å². The molecule has 132 valence electrons. The average Bonchev–Trinajstić information content (AvgIpc) is 2.45. The number of nitrogens with one attached hydrogen (secondary N) is 1. The molecule has 23 heavy (non-hydrogen) atoms. The molecule has 0 aromatic carbocycles. The van der Waals surface area contributed by atoms with Crippen LogP contribution in [0.2, 0.25) is 0 Å². The first-order valence-electron chi connectivity index (χ1n) is 9.26. The van der Waals surface area contributed by atoms with E-state index in [0.29, 0.717) is 5.41 Å². The number of nitrogens with zero attached hydrogens (tertiary/aromatic N) is 2. The van der Waals surface area contributed by atoms with Crippen molar-refractivity contribution in [2.75, 3.05) is 45.8 Å². The Morgan fingerprint density at radius 2 is 1.78 bits per heavy atom. The molecule has 3 aliphatic rings. The van der Waals surface area contributed by atoms with Crippen LogP contribution in [0.15, 0.2) is 0 Å². The van der Waals surface area contributed by atoms with Crippen molar-refractivity contribution < 1.29 is 9.53 Å². The first-order valence-corrected chi connectivity index (χ1v) is 9.26. The van der Waals surface area contributed by atoms with Crippen molar-refractivity contribution in [2.24, 2.45) is 11.3 Å². The number of rotatable bonds is 2. The zero-order valence-electron chi connectivity index (χ0n) is 15.1. The monoisotopic (exact) mass is 323 g/mol. The fourth-order valence-corrected chi connectivity index (χ4v) is 4.17. The summed E-state index contributed by atoms with van der Waals surface area (Å²) in [6.45, 7) is 13.6. The summed E-state index contributed by atoms with van der Waals surface area (Å²) in [6, 6.07) is 0. The Kier molecular flexibility index (Phi) is 4.88. The van der Waals surface area contributed by atoms with Gasteiger partial charge >= 0.3 is 6.09 Å². The second-order valence-electron chi connectivity index (χ2n) is 8.83. The Labute approximate surface area is 140 Å². The molecule has 1 spiro atoms. The van der Waals surface area contributed by atoms with Crippen LogP contribution in [0.4, 0.5) is 4.79 Å². The van der Waals surface area contributed by atoms with Crippen LogP contribution in [-0.2, 0) is 4.74 Å². The van der Waals surface area contributed by atoms with E-state index >= 15 is 0 Å². The number of likely N-dealkylation sites (tertiary alicyclic amines) is 2. The lowest BCUT2D eigenvalue weighted by molar-refractivity contribution is -0.0607. The first kappa shape index (κ1) is 17.0. The van der Waals surface area contributed by atoms with Gasteiger partial charge in [0.1, 0.15) is 5.60 Å². The molecule has 0 aromatic heterocycles. The van der Waals surface area contributed by atoms with E-state index in [2.05, 4.69) is 10.2 Å². The number of hydrogen-bond donors (Lipinski definition) is 1. The van der Waals surface area contributed by atoms with Gasteiger partial charge in [-0.15, -0.1) is 0 Å². The van der Waals surface area contributed by atoms with Crippen molar-refractivity contribution in [3.63, 3.8) is 0 Å². The van der Waals surface area contributed by atoms with Gasteiger partial charge in [-0.05, 0) is 78.6 Å². The lowest BCUT2D eigenvalue weighted by Gasteiger charge is -2.54. The fraction of sp³-hybridized carbons (Fsp3) is 0.944. The highest BCUT2D eigenvalue weighted by molar-refractivity contribution is 5.69. The summed E-state index contributed by atoms with van der Waals surface area (Å²) in [5, 5.41) is 3.45. The predicted molar refractivity (Wildman–Crippen MR) is 91.5 cm³/mol. The van der Waals surface area contributed by atoms with Crippen LogP contribution in [0.3, 0.4) is 0 Å². The summed E-state index contributed by atoms with van der Waals surface area (Å²) in [7, 11) is 0. The molecule has 0 saturated carbocycles. The number of carbonyl (C=O) groups is 1. The molecule has 3 fully saturated rings. The quantitative estimate of drug-likeness (QED) is 0.847. The van der Waals surface area contributed by atoms with Gasteiger partial charge in [-0.1, -0.05) is 0 Å². The van der Waals surface area contributed by atoms with Crippen molar-refractivity contribution in [1.82, 2.24) is 15.1 Å². The number of ether oxygens (including phenoxy) is 1. The molecule has 0 unspecified atom stereocenters. The minimum atomic E-state index is -0.391. The lowest BCUT2D eigenvalue weighted by Crippen LogP contribution is -2.62. The second-order valence-corrected chi connectivity index (χ2v) is 8.83. The molecule has 0 radical (unpaired) electrons. The highest BCUT2D eigenvalue weighted by atomic mass is 16.6. The molecule has 1 N–H and O–H groups in total. The smallest absolute Gasteiger partial charge is 0.410 e. The van der Waals surface area contributed by atoms with Gasteiger partial charge in [-0.2, -0.15) is 0 Å². The van der Waals surface area contributed by atoms with Crippen LogP contribution >= 0.6 is 0 Å². The van der Waals surface area contributed by atoms with Crippen molar-refractivity contribution in [3.05, 3.63) is 0 Å². The van der Waals surface area contributed by atoms with Crippen molar-refractivity contribution in [2.45, 2.75) is 52.1 Å². The first-order chi connectivity index (χ1) is 10.9. The number of piperidine rings is 2. The van der Waals surface area contributed by atoms with Crippen LogP contribution < -0.4 is 5.32 Å². The van der Waals surface area contributed by atoms with E-state index in [1.54, 1.807) is 0 Å². The zero-order chi connectivity index (χ0) is 16.5. The largest absolute Gasteiger partial charge is 0.444 e. The summed E-state index contributed by atoms with van der Waals surface area (Å²) in [4.78, 5) is 16.6. The minimum absolute atomic E-state index is 0.139. The molecular weight excluding hydrogens is 290 g/mol. The fourth-order valence-electron chi connectivity index (χ4n) is 4.17. The van der Waals surface area contributed by atoms with Gasteiger partial charge in [0.25, 0.3) is 0 Å². The molecule has 0 atom stereocenters. The van der Waals surface area contributed by atoms with E-state index < -0.39 is 5.60 Å². The van der Waals surface area contributed by atoms with Crippen LogP contribution in [0.5, 0.6) is 0 Å². The topological polar surface area (TPSA) is 44.8 Å². The van der Waals surface area contributed by atoms with Gasteiger partial charge in [0.15, 0.2) is 0 Å². The molecule has 3 aliphatic heterocycles. The van der Waals surface area contributed by atoms with Gasteiger partial charge in [0, 0.05) is 25.0 Å². The third-order valence-electron chi connectivity index (χ3n) is 5.60. The Hall–Kier alpha value is -0.810. The zero-order valence-corrected chi connectivity index (χ0v) is 15.1. The summed E-state index contributed by atoms with van der Waals surface area (Å²) in [6.07, 6.45) is 4.98. The van der Waals surface area contributed by atoms with Gasteiger partial charge in [0.2, 0.25) is 0 Å². The molecular formula is C18H33N3O2. The van der Waals surface area contributed by atoms with E-state index in [4.69, 9.17) is 4.74 Å². The van der Waals surface area contributed by atoms with Gasteiger partial charge in [-0.3, -0.25) is 0 Å². The van der Waals surface area contributed by atoms with E-state index in [1.165, 1.54) is 58.4 Å². The Balaban J connectivity index is 1.39. The van der Waals surface area contributed by atoms with Gasteiger partial charge < -0.3 is 19.9 Å².